The number of carbonyl (C=O) groups excluding carboxylic acids is 2. The number of benzene rings is 2. The molecule has 3 nitrogen and oxygen atoms in total. The van der Waals surface area contributed by atoms with E-state index in [0.29, 0.717) is 0 Å². The predicted molar refractivity (Wildman–Crippen MR) is 89.4 cm³/mol. The van der Waals surface area contributed by atoms with E-state index < -0.39 is 0 Å². The van der Waals surface area contributed by atoms with E-state index in [1.165, 1.54) is 28.8 Å². The highest BCUT2D eigenvalue weighted by Gasteiger charge is 2.09. The Bertz CT molecular complexity index is 837. The number of imide groups is 1. The Morgan fingerprint density at radius 2 is 1.48 bits per heavy atom. The molecule has 0 spiro atoms. The molecule has 1 aliphatic heterocycles. The largest absolute Gasteiger partial charge is 0.289 e. The van der Waals surface area contributed by atoms with Gasteiger partial charge >= 0.3 is 0 Å². The molecule has 3 heteroatoms. The van der Waals surface area contributed by atoms with Crippen molar-refractivity contribution >= 4 is 11.8 Å². The first kappa shape index (κ1) is 14.8. The van der Waals surface area contributed by atoms with Crippen LogP contribution in [-0.2, 0) is 16.0 Å². The quantitative estimate of drug-likeness (QED) is 0.601. The minimum atomic E-state index is -0.329. The van der Waals surface area contributed by atoms with Crippen LogP contribution in [0.3, 0.4) is 0 Å². The summed E-state index contributed by atoms with van der Waals surface area (Å²) in [4.78, 5) is 20.1. The Labute approximate surface area is 135 Å². The van der Waals surface area contributed by atoms with E-state index in [2.05, 4.69) is 60.4 Å². The Morgan fingerprint density at radius 3 is 2.17 bits per heavy atom. The molecule has 0 unspecified atom stereocenters. The molecule has 2 aromatic rings. The second kappa shape index (κ2) is 6.76. The van der Waals surface area contributed by atoms with Gasteiger partial charge in [-0.3, -0.25) is 14.9 Å². The summed E-state index contributed by atoms with van der Waals surface area (Å²) >= 11 is 0. The molecule has 0 fully saturated rings. The van der Waals surface area contributed by atoms with Crippen molar-refractivity contribution in [1.82, 2.24) is 5.32 Å². The number of nitrogens with one attached hydrogen (secondary N) is 1. The molecule has 4 rings (SSSR count). The van der Waals surface area contributed by atoms with Crippen LogP contribution in [0.15, 0.2) is 60.7 Å². The Hall–Kier alpha value is -3.12. The van der Waals surface area contributed by atoms with E-state index >= 15 is 0 Å². The summed E-state index contributed by atoms with van der Waals surface area (Å²) in [6.45, 7) is 0. The number of rotatable bonds is 0. The number of carbonyl (C=O) groups is 2. The molecule has 23 heavy (non-hydrogen) atoms. The Kier molecular flexibility index (Phi) is 4.35. The molecule has 0 bridgehead atoms. The van der Waals surface area contributed by atoms with Gasteiger partial charge < -0.3 is 0 Å². The molecule has 0 radical (unpaired) electrons. The van der Waals surface area contributed by atoms with Gasteiger partial charge in [0.2, 0.25) is 0 Å². The molecule has 1 aliphatic carbocycles. The maximum atomic E-state index is 10.0. The van der Waals surface area contributed by atoms with Crippen LogP contribution in [-0.4, -0.2) is 11.8 Å². The SMILES string of the molecule is C1#Cc2ccccc2-c2ccccc2CC1.O=C1C=CC(=O)N1. The summed E-state index contributed by atoms with van der Waals surface area (Å²) in [5.74, 6) is 5.83. The van der Waals surface area contributed by atoms with E-state index in [1.54, 1.807) is 0 Å². The first-order valence-corrected chi connectivity index (χ1v) is 7.43. The molecule has 2 aromatic carbocycles. The zero-order valence-electron chi connectivity index (χ0n) is 12.5. The van der Waals surface area contributed by atoms with Crippen molar-refractivity contribution in [3.63, 3.8) is 0 Å². The molecule has 2 aliphatic rings. The lowest BCUT2D eigenvalue weighted by Crippen LogP contribution is -2.19. The Morgan fingerprint density at radius 1 is 0.826 bits per heavy atom. The van der Waals surface area contributed by atoms with E-state index in [9.17, 15) is 9.59 Å². The van der Waals surface area contributed by atoms with Gasteiger partial charge in [0, 0.05) is 24.1 Å². The van der Waals surface area contributed by atoms with Crippen LogP contribution >= 0.6 is 0 Å². The second-order valence-electron chi connectivity index (χ2n) is 5.19. The fourth-order valence-corrected chi connectivity index (χ4v) is 2.54. The Balaban J connectivity index is 0.000000188. The van der Waals surface area contributed by atoms with Crippen molar-refractivity contribution in [2.24, 2.45) is 0 Å². The van der Waals surface area contributed by atoms with Crippen LogP contribution < -0.4 is 5.32 Å². The molecule has 1 N–H and O–H groups in total. The van der Waals surface area contributed by atoms with E-state index in [0.717, 1.165) is 18.4 Å². The van der Waals surface area contributed by atoms with Gasteiger partial charge in [-0.05, 0) is 29.2 Å². The molecule has 1 heterocycles. The zero-order chi connectivity index (χ0) is 16.1. The molecule has 2 amide bonds. The molecular weight excluding hydrogens is 286 g/mol. The smallest absolute Gasteiger partial charge is 0.250 e. The third-order valence-electron chi connectivity index (χ3n) is 3.61. The topological polar surface area (TPSA) is 46.2 Å². The number of hydrogen-bond donors (Lipinski definition) is 1. The molecular formula is C20H15NO2. The third-order valence-corrected chi connectivity index (χ3v) is 3.61. The molecule has 0 atom stereocenters. The van der Waals surface area contributed by atoms with Crippen LogP contribution in [0.1, 0.15) is 17.5 Å². The maximum absolute atomic E-state index is 10.0. The van der Waals surface area contributed by atoms with Gasteiger partial charge in [-0.25, -0.2) is 0 Å². The first-order valence-electron chi connectivity index (χ1n) is 7.43. The first-order chi connectivity index (χ1) is 11.2. The summed E-state index contributed by atoms with van der Waals surface area (Å²) in [5, 5.41) is 2.03. The number of fused-ring (bicyclic) bond motifs is 3. The number of hydrogen-bond acceptors (Lipinski definition) is 2. The molecule has 112 valence electrons. The van der Waals surface area contributed by atoms with Crippen molar-refractivity contribution < 1.29 is 9.59 Å². The fourth-order valence-electron chi connectivity index (χ4n) is 2.54. The van der Waals surface area contributed by atoms with Crippen LogP contribution in [0.25, 0.3) is 11.1 Å². The molecule has 0 saturated carbocycles. The van der Waals surface area contributed by atoms with Crippen LogP contribution in [0, 0.1) is 11.8 Å². The summed E-state index contributed by atoms with van der Waals surface area (Å²) < 4.78 is 0. The van der Waals surface area contributed by atoms with E-state index in [-0.39, 0.29) is 11.8 Å². The summed E-state index contributed by atoms with van der Waals surface area (Å²) in [6.07, 6.45) is 4.40. The second-order valence-corrected chi connectivity index (χ2v) is 5.19. The average molecular weight is 301 g/mol. The van der Waals surface area contributed by atoms with Crippen LogP contribution in [0.4, 0.5) is 0 Å². The van der Waals surface area contributed by atoms with Gasteiger partial charge in [0.1, 0.15) is 0 Å². The number of aryl methyl sites for hydroxylation is 1. The monoisotopic (exact) mass is 301 g/mol. The highest BCUT2D eigenvalue weighted by Crippen LogP contribution is 2.28. The van der Waals surface area contributed by atoms with Gasteiger partial charge in [0.05, 0.1) is 0 Å². The minimum Gasteiger partial charge on any atom is -0.289 e. The van der Waals surface area contributed by atoms with Crippen molar-refractivity contribution in [3.8, 4) is 23.0 Å². The van der Waals surface area contributed by atoms with Crippen LogP contribution in [0.2, 0.25) is 0 Å². The highest BCUT2D eigenvalue weighted by atomic mass is 16.2. The van der Waals surface area contributed by atoms with Crippen molar-refractivity contribution in [1.29, 1.82) is 0 Å². The van der Waals surface area contributed by atoms with Crippen molar-refractivity contribution in [2.75, 3.05) is 0 Å². The summed E-state index contributed by atoms with van der Waals surface area (Å²) in [6, 6.07) is 17.0. The summed E-state index contributed by atoms with van der Waals surface area (Å²) in [5.41, 5.74) is 5.16. The lowest BCUT2D eigenvalue weighted by atomic mass is 9.92. The molecule has 0 saturated heterocycles. The third kappa shape index (κ3) is 3.56. The van der Waals surface area contributed by atoms with Gasteiger partial charge in [0.25, 0.3) is 11.8 Å². The normalized spacial score (nSPS) is 14.1. The van der Waals surface area contributed by atoms with Gasteiger partial charge in [-0.15, -0.1) is 0 Å². The van der Waals surface area contributed by atoms with Gasteiger partial charge in [-0.1, -0.05) is 54.3 Å². The van der Waals surface area contributed by atoms with E-state index in [4.69, 9.17) is 0 Å². The molecule has 0 aromatic heterocycles. The lowest BCUT2D eigenvalue weighted by molar-refractivity contribution is -0.123. The highest BCUT2D eigenvalue weighted by molar-refractivity contribution is 6.12. The predicted octanol–water partition coefficient (Wildman–Crippen LogP) is 2.85. The van der Waals surface area contributed by atoms with Crippen LogP contribution in [0.5, 0.6) is 0 Å². The standard InChI is InChI=1S/C16H12.C4H3NO2/c1-2-8-14-10-4-6-12-16(14)15-11-5-3-9-13(15)7-1;6-3-1-2-4(7)5-3/h3-6,9-12H,1,7H2;1-2H,(H,5,6,7). The zero-order valence-corrected chi connectivity index (χ0v) is 12.5. The van der Waals surface area contributed by atoms with Gasteiger partial charge in [0.15, 0.2) is 0 Å². The minimum absolute atomic E-state index is 0.329. The maximum Gasteiger partial charge on any atom is 0.250 e. The number of amides is 2. The van der Waals surface area contributed by atoms with Crippen molar-refractivity contribution in [3.05, 3.63) is 71.8 Å². The fraction of sp³-hybridized carbons (Fsp3) is 0.100. The van der Waals surface area contributed by atoms with E-state index in [1.807, 2.05) is 5.32 Å². The lowest BCUT2D eigenvalue weighted by Gasteiger charge is -2.12. The average Bonchev–Trinajstić information content (AvgIpc) is 2.94. The van der Waals surface area contributed by atoms with Gasteiger partial charge in [-0.2, -0.15) is 0 Å². The summed E-state index contributed by atoms with van der Waals surface area (Å²) in [7, 11) is 0. The van der Waals surface area contributed by atoms with Crippen molar-refractivity contribution in [2.45, 2.75) is 12.8 Å².